The van der Waals surface area contributed by atoms with E-state index in [1.165, 1.54) is 10.6 Å². The molecule has 2 aliphatic rings. The van der Waals surface area contributed by atoms with Crippen molar-refractivity contribution in [2.75, 3.05) is 23.7 Å². The summed E-state index contributed by atoms with van der Waals surface area (Å²) in [7, 11) is -3.37. The van der Waals surface area contributed by atoms with Crippen molar-refractivity contribution < 1.29 is 23.1 Å². The molecule has 3 rings (SSSR count). The van der Waals surface area contributed by atoms with Crippen LogP contribution in [0.2, 0.25) is 0 Å². The van der Waals surface area contributed by atoms with Crippen LogP contribution in [0.15, 0.2) is 18.2 Å². The number of aliphatic carboxylic acids is 1. The van der Waals surface area contributed by atoms with E-state index in [0.29, 0.717) is 30.6 Å². The molecular weight excluding hydrogens is 344 g/mol. The van der Waals surface area contributed by atoms with Crippen molar-refractivity contribution in [1.29, 1.82) is 0 Å². The lowest BCUT2D eigenvalue weighted by Gasteiger charge is -2.22. The second-order valence-electron chi connectivity index (χ2n) is 7.30. The van der Waals surface area contributed by atoms with Gasteiger partial charge in [0.2, 0.25) is 10.0 Å². The van der Waals surface area contributed by atoms with Crippen LogP contribution in [0.4, 0.5) is 5.69 Å². The summed E-state index contributed by atoms with van der Waals surface area (Å²) in [6.45, 7) is 4.08. The Kier molecular flexibility index (Phi) is 4.06. The first-order valence-electron chi connectivity index (χ1n) is 8.18. The van der Waals surface area contributed by atoms with Gasteiger partial charge in [-0.15, -0.1) is 0 Å². The molecule has 1 N–H and O–H groups in total. The first-order chi connectivity index (χ1) is 11.5. The molecule has 0 bridgehead atoms. The first kappa shape index (κ1) is 17.7. The monoisotopic (exact) mass is 366 g/mol. The maximum absolute atomic E-state index is 12.7. The van der Waals surface area contributed by atoms with Gasteiger partial charge in [0.25, 0.3) is 5.91 Å². The zero-order valence-electron chi connectivity index (χ0n) is 14.5. The van der Waals surface area contributed by atoms with Gasteiger partial charge in [0.05, 0.1) is 17.4 Å². The number of carbonyl (C=O) groups is 2. The maximum Gasteiger partial charge on any atom is 0.311 e. The minimum absolute atomic E-state index is 0.183. The summed E-state index contributed by atoms with van der Waals surface area (Å²) in [5, 5.41) is 9.30. The Balaban J connectivity index is 1.86. The fourth-order valence-electron chi connectivity index (χ4n) is 3.73. The molecule has 2 aliphatic heterocycles. The minimum atomic E-state index is -3.37. The van der Waals surface area contributed by atoms with E-state index in [1.807, 2.05) is 6.92 Å². The van der Waals surface area contributed by atoms with Crippen molar-refractivity contribution in [3.63, 3.8) is 0 Å². The summed E-state index contributed by atoms with van der Waals surface area (Å²) in [6, 6.07) is 4.83. The molecule has 1 amide bonds. The van der Waals surface area contributed by atoms with Crippen molar-refractivity contribution in [3.05, 3.63) is 29.3 Å². The van der Waals surface area contributed by atoms with Gasteiger partial charge in [-0.1, -0.05) is 0 Å². The topological polar surface area (TPSA) is 95.0 Å². The highest BCUT2D eigenvalue weighted by Gasteiger charge is 2.42. The Morgan fingerprint density at radius 3 is 2.56 bits per heavy atom. The number of nitrogens with zero attached hydrogens (tertiary/aromatic N) is 2. The summed E-state index contributed by atoms with van der Waals surface area (Å²) in [4.78, 5) is 25.6. The summed E-state index contributed by atoms with van der Waals surface area (Å²) in [5.41, 5.74) is 0.997. The van der Waals surface area contributed by atoms with Crippen LogP contribution in [0.5, 0.6) is 0 Å². The number of anilines is 1. The SMILES string of the molecule is C[C@H]1Cc2cc(C(=O)N3CC[C@](C)(C(=O)O)C3)ccc2N1S(C)(=O)=O. The summed E-state index contributed by atoms with van der Waals surface area (Å²) >= 11 is 0. The smallest absolute Gasteiger partial charge is 0.311 e. The number of carboxylic acid groups (broad SMARTS) is 1. The van der Waals surface area contributed by atoms with Crippen molar-refractivity contribution >= 4 is 27.6 Å². The van der Waals surface area contributed by atoms with Gasteiger partial charge in [-0.25, -0.2) is 8.42 Å². The Labute approximate surface area is 147 Å². The van der Waals surface area contributed by atoms with Crippen molar-refractivity contribution in [2.24, 2.45) is 5.41 Å². The van der Waals surface area contributed by atoms with Crippen molar-refractivity contribution in [2.45, 2.75) is 32.7 Å². The number of amides is 1. The van der Waals surface area contributed by atoms with Gasteiger partial charge in [-0.05, 0) is 50.5 Å². The quantitative estimate of drug-likeness (QED) is 0.871. The molecule has 7 nitrogen and oxygen atoms in total. The third-order valence-corrected chi connectivity index (χ3v) is 6.38. The van der Waals surface area contributed by atoms with Crippen LogP contribution in [-0.2, 0) is 21.2 Å². The van der Waals surface area contributed by atoms with E-state index < -0.39 is 21.4 Å². The number of benzene rings is 1. The molecule has 0 radical (unpaired) electrons. The van der Waals surface area contributed by atoms with Crippen LogP contribution in [0.25, 0.3) is 0 Å². The molecule has 0 aromatic heterocycles. The molecule has 1 aromatic rings. The second kappa shape index (κ2) is 5.72. The average molecular weight is 366 g/mol. The first-order valence-corrected chi connectivity index (χ1v) is 10.0. The molecule has 0 spiro atoms. The van der Waals surface area contributed by atoms with Crippen LogP contribution in [-0.4, -0.2) is 55.7 Å². The number of likely N-dealkylation sites (tertiary alicyclic amines) is 1. The van der Waals surface area contributed by atoms with Crippen LogP contribution in [0.1, 0.15) is 36.2 Å². The molecule has 1 saturated heterocycles. The summed E-state index contributed by atoms with van der Waals surface area (Å²) < 4.78 is 25.3. The number of carbonyl (C=O) groups excluding carboxylic acids is 1. The maximum atomic E-state index is 12.7. The molecule has 0 saturated carbocycles. The minimum Gasteiger partial charge on any atom is -0.481 e. The van der Waals surface area contributed by atoms with Gasteiger partial charge in [0.1, 0.15) is 0 Å². The molecule has 2 heterocycles. The van der Waals surface area contributed by atoms with Gasteiger partial charge in [-0.2, -0.15) is 0 Å². The summed E-state index contributed by atoms with van der Waals surface area (Å²) in [5.74, 6) is -1.10. The van der Waals surface area contributed by atoms with Crippen LogP contribution in [0, 0.1) is 5.41 Å². The van der Waals surface area contributed by atoms with Gasteiger partial charge in [-0.3, -0.25) is 13.9 Å². The lowest BCUT2D eigenvalue weighted by atomic mass is 9.90. The fourth-order valence-corrected chi connectivity index (χ4v) is 5.00. The van der Waals surface area contributed by atoms with E-state index >= 15 is 0 Å². The van der Waals surface area contributed by atoms with Crippen LogP contribution >= 0.6 is 0 Å². The third-order valence-electron chi connectivity index (χ3n) is 5.11. The number of carboxylic acids is 1. The lowest BCUT2D eigenvalue weighted by molar-refractivity contribution is -0.147. The van der Waals surface area contributed by atoms with E-state index in [0.717, 1.165) is 5.56 Å². The van der Waals surface area contributed by atoms with Crippen molar-refractivity contribution in [3.8, 4) is 0 Å². The highest BCUT2D eigenvalue weighted by molar-refractivity contribution is 7.92. The van der Waals surface area contributed by atoms with Crippen LogP contribution in [0.3, 0.4) is 0 Å². The van der Waals surface area contributed by atoms with Gasteiger partial charge >= 0.3 is 5.97 Å². The van der Waals surface area contributed by atoms with E-state index in [9.17, 15) is 23.1 Å². The molecule has 2 atom stereocenters. The molecule has 25 heavy (non-hydrogen) atoms. The molecule has 136 valence electrons. The molecular formula is C17H22N2O5S. The Morgan fingerprint density at radius 1 is 1.32 bits per heavy atom. The highest BCUT2D eigenvalue weighted by Crippen LogP contribution is 2.36. The average Bonchev–Trinajstić information content (AvgIpc) is 3.05. The molecule has 0 aliphatic carbocycles. The normalized spacial score (nSPS) is 26.0. The second-order valence-corrected chi connectivity index (χ2v) is 9.16. The largest absolute Gasteiger partial charge is 0.481 e. The number of sulfonamides is 1. The fraction of sp³-hybridized carbons (Fsp3) is 0.529. The Bertz CT molecular complexity index is 851. The van der Waals surface area contributed by atoms with E-state index in [-0.39, 0.29) is 18.5 Å². The number of rotatable bonds is 3. The molecule has 8 heteroatoms. The Hall–Kier alpha value is -2.09. The Morgan fingerprint density at radius 2 is 2.00 bits per heavy atom. The molecule has 1 fully saturated rings. The zero-order valence-corrected chi connectivity index (χ0v) is 15.3. The summed E-state index contributed by atoms with van der Waals surface area (Å²) in [6.07, 6.45) is 2.16. The third kappa shape index (κ3) is 2.99. The van der Waals surface area contributed by atoms with E-state index in [2.05, 4.69) is 0 Å². The van der Waals surface area contributed by atoms with Crippen LogP contribution < -0.4 is 4.31 Å². The zero-order chi connectivity index (χ0) is 18.6. The standard InChI is InChI=1S/C17H22N2O5S/c1-11-8-13-9-12(4-5-14(13)19(11)25(3,23)24)15(20)18-7-6-17(2,10-18)16(21)22/h4-5,9,11H,6-8,10H2,1-3H3,(H,21,22)/t11-,17-/m0/s1. The highest BCUT2D eigenvalue weighted by atomic mass is 32.2. The van der Waals surface area contributed by atoms with E-state index in [4.69, 9.17) is 0 Å². The number of hydrogen-bond acceptors (Lipinski definition) is 4. The number of fused-ring (bicyclic) bond motifs is 1. The predicted molar refractivity (Wildman–Crippen MR) is 93.2 cm³/mol. The van der Waals surface area contributed by atoms with Gasteiger partial charge < -0.3 is 10.0 Å². The number of hydrogen-bond donors (Lipinski definition) is 1. The lowest BCUT2D eigenvalue weighted by Crippen LogP contribution is -2.35. The van der Waals surface area contributed by atoms with Gasteiger partial charge in [0.15, 0.2) is 0 Å². The predicted octanol–water partition coefficient (Wildman–Crippen LogP) is 1.33. The molecule has 1 aromatic carbocycles. The van der Waals surface area contributed by atoms with E-state index in [1.54, 1.807) is 30.0 Å². The molecule has 0 unspecified atom stereocenters. The van der Waals surface area contributed by atoms with Crippen molar-refractivity contribution in [1.82, 2.24) is 4.90 Å². The van der Waals surface area contributed by atoms with Gasteiger partial charge in [0, 0.05) is 24.7 Å².